The Balaban J connectivity index is 2.22. The van der Waals surface area contributed by atoms with Gasteiger partial charge >= 0.3 is 0 Å². The third-order valence-corrected chi connectivity index (χ3v) is 3.03. The molecule has 1 heterocycles. The van der Waals surface area contributed by atoms with Crippen molar-refractivity contribution in [3.63, 3.8) is 0 Å². The zero-order valence-corrected chi connectivity index (χ0v) is 11.0. The van der Waals surface area contributed by atoms with Crippen molar-refractivity contribution in [1.82, 2.24) is 4.98 Å². The van der Waals surface area contributed by atoms with Gasteiger partial charge in [-0.3, -0.25) is 0 Å². The normalized spacial score (nSPS) is 11.9. The minimum atomic E-state index is -0.0473. The van der Waals surface area contributed by atoms with E-state index in [0.29, 0.717) is 0 Å². The molecule has 1 N–H and O–H groups in total. The Hall–Kier alpha value is -1.80. The second kappa shape index (κ2) is 5.69. The molecule has 0 saturated carbocycles. The molecule has 0 spiro atoms. The van der Waals surface area contributed by atoms with Crippen LogP contribution < -0.4 is 5.32 Å². The van der Waals surface area contributed by atoms with Gasteiger partial charge in [0.1, 0.15) is 5.82 Å². The molecule has 2 rings (SSSR count). The van der Waals surface area contributed by atoms with Gasteiger partial charge in [0, 0.05) is 11.2 Å². The molecule has 92 valence electrons. The first kappa shape index (κ1) is 12.7. The van der Waals surface area contributed by atoms with E-state index in [1.54, 1.807) is 0 Å². The van der Waals surface area contributed by atoms with Gasteiger partial charge in [0.15, 0.2) is 0 Å². The maximum absolute atomic E-state index is 6.18. The van der Waals surface area contributed by atoms with Gasteiger partial charge < -0.3 is 5.32 Å². The summed E-state index contributed by atoms with van der Waals surface area (Å²) in [5.74, 6) is 0.811. The molecule has 1 atom stereocenters. The van der Waals surface area contributed by atoms with Gasteiger partial charge in [-0.05, 0) is 30.2 Å². The standard InChI is InChI=1S/C15H15ClN2/c1-3-14(12-6-4-5-7-13(12)16)18-15-9-8-11(2)10-17-15/h3-10,14H,1H2,2H3,(H,17,18). The summed E-state index contributed by atoms with van der Waals surface area (Å²) in [4.78, 5) is 4.32. The maximum Gasteiger partial charge on any atom is 0.126 e. The van der Waals surface area contributed by atoms with E-state index in [-0.39, 0.29) is 6.04 Å². The molecule has 1 aromatic carbocycles. The summed E-state index contributed by atoms with van der Waals surface area (Å²) in [5, 5.41) is 4.02. The van der Waals surface area contributed by atoms with Crippen molar-refractivity contribution < 1.29 is 0 Å². The minimum Gasteiger partial charge on any atom is -0.360 e. The Bertz CT molecular complexity index is 534. The lowest BCUT2D eigenvalue weighted by molar-refractivity contribution is 0.970. The Morgan fingerprint density at radius 2 is 2.06 bits per heavy atom. The summed E-state index contributed by atoms with van der Waals surface area (Å²) >= 11 is 6.18. The molecule has 3 heteroatoms. The van der Waals surface area contributed by atoms with Crippen LogP contribution in [0.4, 0.5) is 5.82 Å². The monoisotopic (exact) mass is 258 g/mol. The molecule has 2 aromatic rings. The van der Waals surface area contributed by atoms with Crippen LogP contribution in [-0.4, -0.2) is 4.98 Å². The summed E-state index contributed by atoms with van der Waals surface area (Å²) < 4.78 is 0. The number of benzene rings is 1. The van der Waals surface area contributed by atoms with Crippen LogP contribution in [0.2, 0.25) is 5.02 Å². The predicted molar refractivity (Wildman–Crippen MR) is 77.0 cm³/mol. The zero-order valence-electron chi connectivity index (χ0n) is 10.2. The van der Waals surface area contributed by atoms with Crippen molar-refractivity contribution in [2.45, 2.75) is 13.0 Å². The molecule has 0 aliphatic heterocycles. The van der Waals surface area contributed by atoms with E-state index in [1.807, 2.05) is 55.6 Å². The van der Waals surface area contributed by atoms with Crippen molar-refractivity contribution in [2.24, 2.45) is 0 Å². The summed E-state index contributed by atoms with van der Waals surface area (Å²) in [6.07, 6.45) is 3.65. The number of rotatable bonds is 4. The average Bonchev–Trinajstić information content (AvgIpc) is 2.39. The number of nitrogens with one attached hydrogen (secondary N) is 1. The molecule has 0 fully saturated rings. The number of hydrogen-bond acceptors (Lipinski definition) is 2. The van der Waals surface area contributed by atoms with E-state index in [1.165, 1.54) is 0 Å². The van der Waals surface area contributed by atoms with Crippen molar-refractivity contribution in [2.75, 3.05) is 5.32 Å². The van der Waals surface area contributed by atoms with Crippen LogP contribution in [0.25, 0.3) is 0 Å². The number of nitrogens with zero attached hydrogens (tertiary/aromatic N) is 1. The lowest BCUT2D eigenvalue weighted by atomic mass is 10.1. The Morgan fingerprint density at radius 1 is 1.28 bits per heavy atom. The van der Waals surface area contributed by atoms with E-state index in [0.717, 1.165) is 22.0 Å². The van der Waals surface area contributed by atoms with Crippen molar-refractivity contribution in [3.8, 4) is 0 Å². The van der Waals surface area contributed by atoms with Crippen LogP contribution in [0, 0.1) is 6.92 Å². The van der Waals surface area contributed by atoms with Crippen molar-refractivity contribution in [1.29, 1.82) is 0 Å². The molecule has 18 heavy (non-hydrogen) atoms. The van der Waals surface area contributed by atoms with E-state index in [2.05, 4.69) is 16.9 Å². The summed E-state index contributed by atoms with van der Waals surface area (Å²) in [6, 6.07) is 11.6. The number of halogens is 1. The van der Waals surface area contributed by atoms with Crippen molar-refractivity contribution in [3.05, 3.63) is 71.4 Å². The minimum absolute atomic E-state index is 0.0473. The molecular formula is C15H15ClN2. The third-order valence-electron chi connectivity index (χ3n) is 2.69. The molecule has 1 unspecified atom stereocenters. The second-order valence-corrected chi connectivity index (χ2v) is 4.51. The van der Waals surface area contributed by atoms with Gasteiger partial charge in [0.05, 0.1) is 6.04 Å². The van der Waals surface area contributed by atoms with Crippen LogP contribution in [-0.2, 0) is 0 Å². The molecule has 0 aliphatic rings. The van der Waals surface area contributed by atoms with Crippen LogP contribution >= 0.6 is 11.6 Å². The first-order chi connectivity index (χ1) is 8.70. The Labute approximate surface area is 112 Å². The number of aryl methyl sites for hydroxylation is 1. The molecule has 1 aromatic heterocycles. The summed E-state index contributed by atoms with van der Waals surface area (Å²) in [6.45, 7) is 5.85. The van der Waals surface area contributed by atoms with Gasteiger partial charge in [-0.25, -0.2) is 4.98 Å². The Morgan fingerprint density at radius 3 is 2.67 bits per heavy atom. The second-order valence-electron chi connectivity index (χ2n) is 4.10. The van der Waals surface area contributed by atoms with E-state index >= 15 is 0 Å². The van der Waals surface area contributed by atoms with Crippen LogP contribution in [0.15, 0.2) is 55.3 Å². The number of pyridine rings is 1. The fourth-order valence-corrected chi connectivity index (χ4v) is 1.96. The van der Waals surface area contributed by atoms with Crippen LogP contribution in [0.5, 0.6) is 0 Å². The maximum atomic E-state index is 6.18. The average molecular weight is 259 g/mol. The van der Waals surface area contributed by atoms with Gasteiger partial charge in [-0.15, -0.1) is 6.58 Å². The van der Waals surface area contributed by atoms with E-state index < -0.39 is 0 Å². The van der Waals surface area contributed by atoms with Gasteiger partial charge in [0.2, 0.25) is 0 Å². The molecule has 0 radical (unpaired) electrons. The van der Waals surface area contributed by atoms with Gasteiger partial charge in [0.25, 0.3) is 0 Å². The molecule has 2 nitrogen and oxygen atoms in total. The summed E-state index contributed by atoms with van der Waals surface area (Å²) in [7, 11) is 0. The highest BCUT2D eigenvalue weighted by Crippen LogP contribution is 2.26. The fourth-order valence-electron chi connectivity index (χ4n) is 1.70. The highest BCUT2D eigenvalue weighted by molar-refractivity contribution is 6.31. The van der Waals surface area contributed by atoms with Gasteiger partial charge in [-0.1, -0.05) is 41.9 Å². The molecule has 0 bridgehead atoms. The summed E-state index contributed by atoms with van der Waals surface area (Å²) in [5.41, 5.74) is 2.13. The third kappa shape index (κ3) is 2.90. The van der Waals surface area contributed by atoms with Crippen LogP contribution in [0.1, 0.15) is 17.2 Å². The molecule has 0 aliphatic carbocycles. The molecule has 0 saturated heterocycles. The number of anilines is 1. The first-order valence-electron chi connectivity index (χ1n) is 5.77. The van der Waals surface area contributed by atoms with E-state index in [9.17, 15) is 0 Å². The smallest absolute Gasteiger partial charge is 0.126 e. The van der Waals surface area contributed by atoms with Crippen LogP contribution in [0.3, 0.4) is 0 Å². The zero-order chi connectivity index (χ0) is 13.0. The SMILES string of the molecule is C=CC(Nc1ccc(C)cn1)c1ccccc1Cl. The molecular weight excluding hydrogens is 244 g/mol. The van der Waals surface area contributed by atoms with Gasteiger partial charge in [-0.2, -0.15) is 0 Å². The lowest BCUT2D eigenvalue weighted by Gasteiger charge is -2.17. The largest absolute Gasteiger partial charge is 0.360 e. The highest BCUT2D eigenvalue weighted by Gasteiger charge is 2.10. The van der Waals surface area contributed by atoms with Crippen molar-refractivity contribution >= 4 is 17.4 Å². The number of hydrogen-bond donors (Lipinski definition) is 1. The first-order valence-corrected chi connectivity index (χ1v) is 6.14. The highest BCUT2D eigenvalue weighted by atomic mass is 35.5. The fraction of sp³-hybridized carbons (Fsp3) is 0.133. The lowest BCUT2D eigenvalue weighted by Crippen LogP contribution is -2.09. The molecule has 0 amide bonds. The predicted octanol–water partition coefficient (Wildman–Crippen LogP) is 4.38. The quantitative estimate of drug-likeness (QED) is 0.823. The number of aromatic nitrogens is 1. The topological polar surface area (TPSA) is 24.9 Å². The Kier molecular flexibility index (Phi) is 4.00. The van der Waals surface area contributed by atoms with E-state index in [4.69, 9.17) is 11.6 Å².